The fourth-order valence-electron chi connectivity index (χ4n) is 1.57. The average Bonchev–Trinajstić information content (AvgIpc) is 2.17. The van der Waals surface area contributed by atoms with Gasteiger partial charge in [0, 0.05) is 0 Å². The maximum absolute atomic E-state index is 6.33. The summed E-state index contributed by atoms with van der Waals surface area (Å²) in [6.45, 7) is 15.6. The van der Waals surface area contributed by atoms with Gasteiger partial charge in [-0.25, -0.2) is 0 Å². The van der Waals surface area contributed by atoms with Crippen LogP contribution in [0.2, 0.25) is 18.1 Å². The first-order valence-corrected chi connectivity index (χ1v) is 9.90. The summed E-state index contributed by atoms with van der Waals surface area (Å²) in [4.78, 5) is 0. The molecule has 0 aliphatic heterocycles. The van der Waals surface area contributed by atoms with Crippen LogP contribution in [0.3, 0.4) is 0 Å². The van der Waals surface area contributed by atoms with E-state index in [9.17, 15) is 0 Å². The van der Waals surface area contributed by atoms with Gasteiger partial charge in [0.05, 0.1) is 0 Å². The van der Waals surface area contributed by atoms with Crippen molar-refractivity contribution >= 4 is 8.32 Å². The summed E-state index contributed by atoms with van der Waals surface area (Å²) < 4.78 is 6.33. The second-order valence-electron chi connectivity index (χ2n) is 6.51. The summed E-state index contributed by atoms with van der Waals surface area (Å²) >= 11 is 0. The average molecular weight is 322 g/mol. The molecule has 1 saturated carbocycles. The number of rotatable bonds is 2. The minimum atomic E-state index is -1.52. The van der Waals surface area contributed by atoms with Crippen LogP contribution < -0.4 is 0 Å². The molecule has 1 aliphatic rings. The van der Waals surface area contributed by atoms with Gasteiger partial charge in [0.25, 0.3) is 0 Å². The van der Waals surface area contributed by atoms with Crippen LogP contribution in [0.1, 0.15) is 60.3 Å². The second-order valence-corrected chi connectivity index (χ2v) is 11.3. The van der Waals surface area contributed by atoms with Gasteiger partial charge in [-0.3, -0.25) is 0 Å². The monoisotopic (exact) mass is 320 g/mol. The van der Waals surface area contributed by atoms with Gasteiger partial charge < -0.3 is 17.3 Å². The molecule has 0 saturated heterocycles. The van der Waals surface area contributed by atoms with Crippen molar-refractivity contribution in [1.82, 2.24) is 0 Å². The molecule has 0 bridgehead atoms. The third-order valence-electron chi connectivity index (χ3n) is 3.62. The molecular weight excluding hydrogens is 290 g/mol. The molecule has 1 fully saturated rings. The van der Waals surface area contributed by atoms with Crippen molar-refractivity contribution in [2.75, 3.05) is 0 Å². The third-order valence-corrected chi connectivity index (χ3v) is 8.13. The minimum absolute atomic E-state index is 0. The molecule has 1 atom stereocenters. The Bertz CT molecular complexity index is 193. The maximum atomic E-state index is 6.33. The SMILES string of the molecule is CC(C)(C)[Si](C)(C)O[C@H]1[CH-]CCCC1.C[CH-]C.[Zn+2]. The van der Waals surface area contributed by atoms with E-state index in [2.05, 4.69) is 40.3 Å². The zero-order valence-electron chi connectivity index (χ0n) is 13.7. The largest absolute Gasteiger partial charge is 2.00 e. The van der Waals surface area contributed by atoms with E-state index >= 15 is 0 Å². The minimum Gasteiger partial charge on any atom is -0.444 e. The molecule has 0 amide bonds. The van der Waals surface area contributed by atoms with E-state index in [4.69, 9.17) is 4.43 Å². The Kier molecular flexibility index (Phi) is 11.3. The predicted octanol–water partition coefficient (Wildman–Crippen LogP) is 5.38. The molecule has 1 aliphatic carbocycles. The molecule has 0 spiro atoms. The summed E-state index contributed by atoms with van der Waals surface area (Å²) in [5.41, 5.74) is 0. The summed E-state index contributed by atoms with van der Waals surface area (Å²) in [5.74, 6) is 0. The molecule has 18 heavy (non-hydrogen) atoms. The van der Waals surface area contributed by atoms with Crippen molar-refractivity contribution in [3.05, 3.63) is 12.8 Å². The molecule has 1 nitrogen and oxygen atoms in total. The van der Waals surface area contributed by atoms with Gasteiger partial charge >= 0.3 is 19.5 Å². The molecule has 0 aromatic carbocycles. The molecule has 0 aromatic rings. The predicted molar refractivity (Wildman–Crippen MR) is 80.5 cm³/mol. The Balaban J connectivity index is 0. The number of hydrogen-bond acceptors (Lipinski definition) is 1. The van der Waals surface area contributed by atoms with Gasteiger partial charge in [0.15, 0.2) is 8.32 Å². The third kappa shape index (κ3) is 8.07. The summed E-state index contributed by atoms with van der Waals surface area (Å²) in [5, 5.41) is 0.346. The van der Waals surface area contributed by atoms with Crippen LogP contribution >= 0.6 is 0 Å². The van der Waals surface area contributed by atoms with Gasteiger partial charge in [-0.1, -0.05) is 46.1 Å². The fourth-order valence-corrected chi connectivity index (χ4v) is 2.90. The van der Waals surface area contributed by atoms with Crippen molar-refractivity contribution < 1.29 is 23.9 Å². The van der Waals surface area contributed by atoms with Crippen LogP contribution in [0.4, 0.5) is 0 Å². The second kappa shape index (κ2) is 9.66. The van der Waals surface area contributed by atoms with E-state index in [0.717, 1.165) is 0 Å². The Morgan fingerprint density at radius 2 is 1.67 bits per heavy atom. The summed E-state index contributed by atoms with van der Waals surface area (Å²) in [7, 11) is -1.52. The first-order chi connectivity index (χ1) is 7.74. The van der Waals surface area contributed by atoms with Crippen molar-refractivity contribution in [1.29, 1.82) is 0 Å². The van der Waals surface area contributed by atoms with Crippen molar-refractivity contribution in [3.8, 4) is 0 Å². The maximum Gasteiger partial charge on any atom is 2.00 e. The molecule has 0 aromatic heterocycles. The van der Waals surface area contributed by atoms with E-state index in [-0.39, 0.29) is 19.5 Å². The Morgan fingerprint density at radius 3 is 2.00 bits per heavy atom. The van der Waals surface area contributed by atoms with E-state index in [0.29, 0.717) is 11.1 Å². The smallest absolute Gasteiger partial charge is 0.444 e. The molecule has 0 radical (unpaired) electrons. The molecule has 0 N–H and O–H groups in total. The van der Waals surface area contributed by atoms with E-state index in [1.165, 1.54) is 25.7 Å². The molecule has 3 heteroatoms. The van der Waals surface area contributed by atoms with Crippen LogP contribution in [0.25, 0.3) is 0 Å². The Labute approximate surface area is 129 Å². The molecule has 104 valence electrons. The molecule has 0 unspecified atom stereocenters. The van der Waals surface area contributed by atoms with Gasteiger partial charge in [-0.2, -0.15) is 20.3 Å². The Hall–Kier alpha value is 0.800. The first kappa shape index (κ1) is 21.1. The van der Waals surface area contributed by atoms with Gasteiger partial charge in [0.1, 0.15) is 0 Å². The summed E-state index contributed by atoms with van der Waals surface area (Å²) in [6, 6.07) is 0. The van der Waals surface area contributed by atoms with Crippen LogP contribution in [0, 0.1) is 12.8 Å². The zero-order valence-corrected chi connectivity index (χ0v) is 17.6. The summed E-state index contributed by atoms with van der Waals surface area (Å²) in [6.07, 6.45) is 10.0. The van der Waals surface area contributed by atoms with E-state index in [1.807, 2.05) is 20.3 Å². The normalized spacial score (nSPS) is 20.5. The standard InChI is InChI=1S/C12H25OSi.C3H7.Zn/c1-12(2,3)14(4,5)13-11-9-7-6-8-10-11;1-3-2;/h9,11H,6-8,10H2,1-5H3;3H,1-2H3;/q2*-1;+2/t11-;;/m0../s1. The topological polar surface area (TPSA) is 9.23 Å². The molecular formula is C15H32OSiZn. The zero-order chi connectivity index (χ0) is 13.5. The van der Waals surface area contributed by atoms with Gasteiger partial charge in [-0.15, -0.1) is 0 Å². The fraction of sp³-hybridized carbons (Fsp3) is 0.867. The van der Waals surface area contributed by atoms with E-state index in [1.54, 1.807) is 0 Å². The van der Waals surface area contributed by atoms with Crippen LogP contribution in [-0.4, -0.2) is 14.4 Å². The van der Waals surface area contributed by atoms with Crippen LogP contribution in [0.5, 0.6) is 0 Å². The molecule has 1 rings (SSSR count). The van der Waals surface area contributed by atoms with Crippen LogP contribution in [0.15, 0.2) is 0 Å². The van der Waals surface area contributed by atoms with Gasteiger partial charge in [0.2, 0.25) is 0 Å². The van der Waals surface area contributed by atoms with Crippen LogP contribution in [-0.2, 0) is 23.9 Å². The Morgan fingerprint density at radius 1 is 1.17 bits per heavy atom. The first-order valence-electron chi connectivity index (χ1n) is 6.99. The number of hydrogen-bond donors (Lipinski definition) is 0. The van der Waals surface area contributed by atoms with Gasteiger partial charge in [-0.05, 0) is 18.1 Å². The quantitative estimate of drug-likeness (QED) is 0.490. The van der Waals surface area contributed by atoms with E-state index < -0.39 is 8.32 Å². The van der Waals surface area contributed by atoms with Crippen molar-refractivity contribution in [2.24, 2.45) is 0 Å². The van der Waals surface area contributed by atoms with Crippen molar-refractivity contribution in [2.45, 2.75) is 84.5 Å². The molecule has 0 heterocycles. The van der Waals surface area contributed by atoms with Crippen molar-refractivity contribution in [3.63, 3.8) is 0 Å².